The second kappa shape index (κ2) is 22.8. The highest BCUT2D eigenvalue weighted by Gasteiger charge is 2.12. The summed E-state index contributed by atoms with van der Waals surface area (Å²) in [6.07, 6.45) is 9.67. The largest absolute Gasteiger partial charge is 0.508 e. The van der Waals surface area contributed by atoms with Gasteiger partial charge in [-0.25, -0.2) is 4.79 Å². The zero-order valence-corrected chi connectivity index (χ0v) is 19.8. The molecule has 0 N–H and O–H groups in total. The van der Waals surface area contributed by atoms with Gasteiger partial charge < -0.3 is 28.4 Å². The van der Waals surface area contributed by atoms with Gasteiger partial charge in [-0.2, -0.15) is 0 Å². The molecule has 0 aliphatic heterocycles. The molecule has 0 aromatic heterocycles. The van der Waals surface area contributed by atoms with Crippen LogP contribution < -0.4 is 0 Å². The lowest BCUT2D eigenvalue weighted by molar-refractivity contribution is -0.00129. The van der Waals surface area contributed by atoms with Crippen molar-refractivity contribution in [1.29, 1.82) is 0 Å². The van der Waals surface area contributed by atoms with Crippen LogP contribution in [0.2, 0.25) is 0 Å². The van der Waals surface area contributed by atoms with Crippen molar-refractivity contribution in [2.24, 2.45) is 0 Å². The first-order chi connectivity index (χ1) is 14.7. The quantitative estimate of drug-likeness (QED) is 0.172. The Labute approximate surface area is 184 Å². The highest BCUT2D eigenvalue weighted by molar-refractivity contribution is 5.59. The number of rotatable bonds is 22. The van der Waals surface area contributed by atoms with Crippen molar-refractivity contribution in [2.75, 3.05) is 53.9 Å². The van der Waals surface area contributed by atoms with E-state index in [1.807, 2.05) is 0 Å². The SMILES string of the molecule is CCCCC(CCCOC(=O)OCCCC(CCCC)OCCOC)OCCOC. The van der Waals surface area contributed by atoms with E-state index in [2.05, 4.69) is 13.8 Å². The van der Waals surface area contributed by atoms with Crippen LogP contribution in [0, 0.1) is 0 Å². The zero-order valence-electron chi connectivity index (χ0n) is 19.8. The minimum absolute atomic E-state index is 0.192. The molecule has 0 aromatic carbocycles. The van der Waals surface area contributed by atoms with E-state index < -0.39 is 6.16 Å². The lowest BCUT2D eigenvalue weighted by Gasteiger charge is -2.18. The van der Waals surface area contributed by atoms with Gasteiger partial charge in [-0.3, -0.25) is 0 Å². The van der Waals surface area contributed by atoms with E-state index in [0.29, 0.717) is 39.6 Å². The van der Waals surface area contributed by atoms with E-state index in [1.54, 1.807) is 14.2 Å². The van der Waals surface area contributed by atoms with Gasteiger partial charge in [0.1, 0.15) is 0 Å². The molecule has 180 valence electrons. The third-order valence-electron chi connectivity index (χ3n) is 4.82. The van der Waals surface area contributed by atoms with Crippen molar-refractivity contribution < 1.29 is 33.2 Å². The molecule has 0 saturated carbocycles. The molecule has 30 heavy (non-hydrogen) atoms. The molecule has 0 heterocycles. The summed E-state index contributed by atoms with van der Waals surface area (Å²) >= 11 is 0. The summed E-state index contributed by atoms with van der Waals surface area (Å²) in [5.41, 5.74) is 0. The Hall–Kier alpha value is -0.890. The fraction of sp³-hybridized carbons (Fsp3) is 0.957. The van der Waals surface area contributed by atoms with Gasteiger partial charge >= 0.3 is 6.16 Å². The van der Waals surface area contributed by atoms with Gasteiger partial charge in [0.15, 0.2) is 0 Å². The van der Waals surface area contributed by atoms with Crippen molar-refractivity contribution >= 4 is 6.16 Å². The summed E-state index contributed by atoms with van der Waals surface area (Å²) in [5.74, 6) is 0. The summed E-state index contributed by atoms with van der Waals surface area (Å²) in [4.78, 5) is 11.8. The predicted molar refractivity (Wildman–Crippen MR) is 118 cm³/mol. The van der Waals surface area contributed by atoms with Crippen LogP contribution in [0.1, 0.15) is 78.1 Å². The number of carbonyl (C=O) groups excluding carboxylic acids is 1. The zero-order chi connectivity index (χ0) is 22.3. The topological polar surface area (TPSA) is 72.5 Å². The van der Waals surface area contributed by atoms with Gasteiger partial charge in [0.25, 0.3) is 0 Å². The lowest BCUT2D eigenvalue weighted by atomic mass is 10.1. The Morgan fingerprint density at radius 1 is 0.600 bits per heavy atom. The van der Waals surface area contributed by atoms with Crippen molar-refractivity contribution in [2.45, 2.75) is 90.3 Å². The fourth-order valence-corrected chi connectivity index (χ4v) is 3.06. The van der Waals surface area contributed by atoms with E-state index in [-0.39, 0.29) is 12.2 Å². The molecule has 0 rings (SSSR count). The highest BCUT2D eigenvalue weighted by Crippen LogP contribution is 2.13. The van der Waals surface area contributed by atoms with Crippen LogP contribution in [0.3, 0.4) is 0 Å². The average Bonchev–Trinajstić information content (AvgIpc) is 2.75. The Balaban J connectivity index is 3.87. The standard InChI is InChI=1S/C23H46O7/c1-5-7-11-21(27-19-17-25-3)13-9-15-29-23(24)30-16-10-14-22(12-8-6-2)28-20-18-26-4/h21-22H,5-20H2,1-4H3. The molecule has 2 atom stereocenters. The minimum Gasteiger partial charge on any atom is -0.434 e. The maximum Gasteiger partial charge on any atom is 0.508 e. The second-order valence-corrected chi connectivity index (χ2v) is 7.49. The number of hydrogen-bond donors (Lipinski definition) is 0. The van der Waals surface area contributed by atoms with Crippen LogP contribution in [0.15, 0.2) is 0 Å². The summed E-state index contributed by atoms with van der Waals surface area (Å²) in [5, 5.41) is 0. The highest BCUT2D eigenvalue weighted by atomic mass is 16.7. The van der Waals surface area contributed by atoms with Crippen molar-refractivity contribution in [3.05, 3.63) is 0 Å². The first-order valence-electron chi connectivity index (χ1n) is 11.7. The third kappa shape index (κ3) is 19.1. The van der Waals surface area contributed by atoms with Gasteiger partial charge in [-0.15, -0.1) is 0 Å². The van der Waals surface area contributed by atoms with Crippen LogP contribution in [-0.2, 0) is 28.4 Å². The molecule has 0 amide bonds. The number of unbranched alkanes of at least 4 members (excludes halogenated alkanes) is 2. The molecule has 0 radical (unpaired) electrons. The Morgan fingerprint density at radius 3 is 1.37 bits per heavy atom. The monoisotopic (exact) mass is 434 g/mol. The smallest absolute Gasteiger partial charge is 0.434 e. The number of hydrogen-bond acceptors (Lipinski definition) is 7. The summed E-state index contributed by atoms with van der Waals surface area (Å²) in [6, 6.07) is 0. The molecule has 0 aliphatic rings. The Bertz CT molecular complexity index is 333. The van der Waals surface area contributed by atoms with E-state index in [4.69, 9.17) is 28.4 Å². The van der Waals surface area contributed by atoms with Crippen LogP contribution in [0.25, 0.3) is 0 Å². The van der Waals surface area contributed by atoms with Crippen molar-refractivity contribution in [3.63, 3.8) is 0 Å². The summed E-state index contributed by atoms with van der Waals surface area (Å²) in [6.45, 7) is 7.45. The normalized spacial score (nSPS) is 13.2. The van der Waals surface area contributed by atoms with E-state index in [1.165, 1.54) is 0 Å². The Kier molecular flexibility index (Phi) is 22.1. The van der Waals surface area contributed by atoms with Crippen molar-refractivity contribution in [3.8, 4) is 0 Å². The molecule has 7 nitrogen and oxygen atoms in total. The number of ether oxygens (including phenoxy) is 6. The van der Waals surface area contributed by atoms with E-state index in [9.17, 15) is 4.79 Å². The average molecular weight is 435 g/mol. The molecule has 0 bridgehead atoms. The summed E-state index contributed by atoms with van der Waals surface area (Å²) < 4.78 is 32.1. The molecule has 0 aromatic rings. The van der Waals surface area contributed by atoms with Crippen LogP contribution in [0.4, 0.5) is 4.79 Å². The van der Waals surface area contributed by atoms with E-state index >= 15 is 0 Å². The lowest BCUT2D eigenvalue weighted by Crippen LogP contribution is -2.18. The van der Waals surface area contributed by atoms with Gasteiger partial charge in [-0.1, -0.05) is 39.5 Å². The maximum atomic E-state index is 11.8. The molecule has 0 spiro atoms. The van der Waals surface area contributed by atoms with Crippen LogP contribution in [-0.4, -0.2) is 72.2 Å². The van der Waals surface area contributed by atoms with Crippen LogP contribution in [0.5, 0.6) is 0 Å². The van der Waals surface area contributed by atoms with E-state index in [0.717, 1.165) is 64.2 Å². The predicted octanol–water partition coefficient (Wildman–Crippen LogP) is 5.14. The molecule has 0 fully saturated rings. The summed E-state index contributed by atoms with van der Waals surface area (Å²) in [7, 11) is 3.34. The Morgan fingerprint density at radius 2 is 1.00 bits per heavy atom. The van der Waals surface area contributed by atoms with Gasteiger partial charge in [0, 0.05) is 14.2 Å². The molecule has 0 saturated heterocycles. The minimum atomic E-state index is -0.592. The second-order valence-electron chi connectivity index (χ2n) is 7.49. The molecule has 2 unspecified atom stereocenters. The first kappa shape index (κ1) is 29.1. The molecule has 0 aliphatic carbocycles. The fourth-order valence-electron chi connectivity index (χ4n) is 3.06. The number of carbonyl (C=O) groups is 1. The van der Waals surface area contributed by atoms with Gasteiger partial charge in [0.05, 0.1) is 51.8 Å². The maximum absolute atomic E-state index is 11.8. The van der Waals surface area contributed by atoms with Gasteiger partial charge in [-0.05, 0) is 38.5 Å². The molecular weight excluding hydrogens is 388 g/mol. The third-order valence-corrected chi connectivity index (χ3v) is 4.82. The number of methoxy groups -OCH3 is 2. The first-order valence-corrected chi connectivity index (χ1v) is 11.7. The molecular formula is C23H46O7. The molecule has 7 heteroatoms. The van der Waals surface area contributed by atoms with Crippen LogP contribution >= 0.6 is 0 Å². The van der Waals surface area contributed by atoms with Crippen molar-refractivity contribution in [1.82, 2.24) is 0 Å². The van der Waals surface area contributed by atoms with Gasteiger partial charge in [0.2, 0.25) is 0 Å².